The minimum Gasteiger partial charge on any atom is -0.443 e. The van der Waals surface area contributed by atoms with Crippen molar-refractivity contribution in [3.63, 3.8) is 0 Å². The van der Waals surface area contributed by atoms with Crippen molar-refractivity contribution in [2.24, 2.45) is 56.7 Å². The molecule has 234 valence electrons. The van der Waals surface area contributed by atoms with Gasteiger partial charge in [0.05, 0.1) is 0 Å². The summed E-state index contributed by atoms with van der Waals surface area (Å²) in [4.78, 5) is 18.6. The standard InChI is InChI=1S/C40H57NO2/c1-24(2)28-10-12-29(13-11-28)27(6)43-35(41-9)23-40-21-18-32-30(37(40)36(25(3)4)33(42)22-40)14-15-34-38(7)19-16-26(5)31(38)17-20-39(32,34)8/h10-13,24-26,30-32,34H,6,14-23H2,1-5,7-9H3. The second-order valence-electron chi connectivity index (χ2n) is 16.5. The van der Waals surface area contributed by atoms with Gasteiger partial charge in [0.15, 0.2) is 11.7 Å². The normalized spacial score (nSPS) is 39.1. The van der Waals surface area contributed by atoms with Gasteiger partial charge in [-0.15, -0.1) is 0 Å². The predicted octanol–water partition coefficient (Wildman–Crippen LogP) is 10.4. The molecule has 1 aromatic rings. The molecular weight excluding hydrogens is 526 g/mol. The number of allylic oxidation sites excluding steroid dienone is 2. The fraction of sp³-hybridized carbons (Fsp3) is 0.700. The summed E-state index contributed by atoms with van der Waals surface area (Å²) >= 11 is 0. The summed E-state index contributed by atoms with van der Waals surface area (Å²) in [7, 11) is 1.84. The van der Waals surface area contributed by atoms with Crippen LogP contribution in [0.1, 0.15) is 130 Å². The van der Waals surface area contributed by atoms with Crippen molar-refractivity contribution in [1.82, 2.24) is 0 Å². The first kappa shape index (κ1) is 30.8. The number of Topliss-reactive ketones (excluding diaryl/α,β-unsaturated/α-hetero) is 1. The number of benzene rings is 1. The Morgan fingerprint density at radius 3 is 2.23 bits per heavy atom. The van der Waals surface area contributed by atoms with Crippen LogP contribution in [0.2, 0.25) is 0 Å². The van der Waals surface area contributed by atoms with E-state index in [-0.39, 0.29) is 11.3 Å². The maximum atomic E-state index is 13.9. The molecule has 5 aliphatic rings. The average molecular weight is 584 g/mol. The summed E-state index contributed by atoms with van der Waals surface area (Å²) in [5, 5.41) is 0. The van der Waals surface area contributed by atoms with E-state index in [0.717, 1.165) is 41.2 Å². The number of ether oxygens (including phenoxy) is 1. The van der Waals surface area contributed by atoms with Crippen LogP contribution in [-0.4, -0.2) is 18.7 Å². The highest BCUT2D eigenvalue weighted by molar-refractivity contribution is 6.01. The van der Waals surface area contributed by atoms with E-state index in [1.807, 2.05) is 7.05 Å². The van der Waals surface area contributed by atoms with Crippen LogP contribution in [0, 0.1) is 51.8 Å². The first-order chi connectivity index (χ1) is 20.3. The van der Waals surface area contributed by atoms with Gasteiger partial charge in [-0.2, -0.15) is 0 Å². The number of nitrogens with zero attached hydrogens (tertiary/aromatic N) is 1. The zero-order valence-electron chi connectivity index (χ0n) is 28.4. The van der Waals surface area contributed by atoms with Crippen LogP contribution in [0.15, 0.2) is 47.0 Å². The van der Waals surface area contributed by atoms with Crippen LogP contribution in [0.25, 0.3) is 5.76 Å². The molecule has 0 saturated heterocycles. The molecule has 43 heavy (non-hydrogen) atoms. The van der Waals surface area contributed by atoms with E-state index in [4.69, 9.17) is 4.74 Å². The fourth-order valence-electron chi connectivity index (χ4n) is 11.8. The van der Waals surface area contributed by atoms with Crippen molar-refractivity contribution < 1.29 is 9.53 Å². The number of carbonyl (C=O) groups is 1. The quantitative estimate of drug-likeness (QED) is 0.190. The Balaban J connectivity index is 1.29. The summed E-state index contributed by atoms with van der Waals surface area (Å²) in [6.45, 7) is 21.1. The lowest BCUT2D eigenvalue weighted by atomic mass is 9.40. The van der Waals surface area contributed by atoms with Crippen molar-refractivity contribution in [3.05, 3.63) is 53.1 Å². The predicted molar refractivity (Wildman–Crippen MR) is 179 cm³/mol. The third kappa shape index (κ3) is 4.82. The molecule has 0 bridgehead atoms. The van der Waals surface area contributed by atoms with E-state index < -0.39 is 0 Å². The number of carbonyl (C=O) groups excluding carboxylic acids is 1. The summed E-state index contributed by atoms with van der Waals surface area (Å²) < 4.78 is 6.46. The minimum atomic E-state index is -0.166. The molecule has 6 rings (SSSR count). The molecule has 0 spiro atoms. The van der Waals surface area contributed by atoms with Gasteiger partial charge < -0.3 is 4.74 Å². The van der Waals surface area contributed by atoms with Crippen molar-refractivity contribution in [3.8, 4) is 0 Å². The molecule has 8 unspecified atom stereocenters. The second kappa shape index (κ2) is 11.0. The van der Waals surface area contributed by atoms with Crippen LogP contribution in [0.3, 0.4) is 0 Å². The largest absolute Gasteiger partial charge is 0.443 e. The molecule has 0 N–H and O–H groups in total. The van der Waals surface area contributed by atoms with Crippen LogP contribution < -0.4 is 0 Å². The Morgan fingerprint density at radius 2 is 1.58 bits per heavy atom. The Bertz CT molecular complexity index is 1330. The number of ketones is 1. The minimum absolute atomic E-state index is 0.166. The third-order valence-corrected chi connectivity index (χ3v) is 13.8. The summed E-state index contributed by atoms with van der Waals surface area (Å²) in [6, 6.07) is 8.55. The van der Waals surface area contributed by atoms with Gasteiger partial charge in [-0.25, -0.2) is 0 Å². The highest BCUT2D eigenvalue weighted by Crippen LogP contribution is 2.72. The molecule has 0 heterocycles. The smallest absolute Gasteiger partial charge is 0.190 e. The first-order valence-electron chi connectivity index (χ1n) is 17.5. The van der Waals surface area contributed by atoms with Gasteiger partial charge in [0.1, 0.15) is 5.76 Å². The van der Waals surface area contributed by atoms with Gasteiger partial charge in [-0.1, -0.05) is 84.9 Å². The molecule has 0 amide bonds. The summed E-state index contributed by atoms with van der Waals surface area (Å²) in [5.41, 5.74) is 5.68. The highest BCUT2D eigenvalue weighted by Gasteiger charge is 2.64. The Labute approximate surface area is 262 Å². The monoisotopic (exact) mass is 583 g/mol. The van der Waals surface area contributed by atoms with E-state index >= 15 is 0 Å². The van der Waals surface area contributed by atoms with E-state index in [2.05, 4.69) is 84.3 Å². The Morgan fingerprint density at radius 1 is 0.930 bits per heavy atom. The average Bonchev–Trinajstić information content (AvgIpc) is 3.44. The van der Waals surface area contributed by atoms with Crippen molar-refractivity contribution in [2.75, 3.05) is 7.05 Å². The molecule has 5 aliphatic carbocycles. The van der Waals surface area contributed by atoms with Gasteiger partial charge in [0.25, 0.3) is 0 Å². The van der Waals surface area contributed by atoms with Crippen LogP contribution in [0.5, 0.6) is 0 Å². The molecule has 3 nitrogen and oxygen atoms in total. The van der Waals surface area contributed by atoms with Gasteiger partial charge in [0, 0.05) is 30.9 Å². The first-order valence-corrected chi connectivity index (χ1v) is 17.5. The lowest BCUT2D eigenvalue weighted by Crippen LogP contribution is -2.57. The highest BCUT2D eigenvalue weighted by atomic mass is 16.5. The lowest BCUT2D eigenvalue weighted by Gasteiger charge is -2.64. The summed E-state index contributed by atoms with van der Waals surface area (Å²) in [5.74, 6) is 6.29. The zero-order chi connectivity index (χ0) is 30.9. The molecule has 0 radical (unpaired) electrons. The van der Waals surface area contributed by atoms with Crippen LogP contribution >= 0.6 is 0 Å². The number of hydrogen-bond donors (Lipinski definition) is 0. The SMILES string of the molecule is C=C(OC(CC12CCC3C(CCC4C5(C)CCC(C)C5CCC34C)C1=C(C(C)C)C(=O)C2)=NC)c1ccc(C(C)C)cc1. The Kier molecular flexibility index (Phi) is 7.91. The van der Waals surface area contributed by atoms with E-state index in [0.29, 0.717) is 53.0 Å². The van der Waals surface area contributed by atoms with Gasteiger partial charge >= 0.3 is 0 Å². The maximum Gasteiger partial charge on any atom is 0.190 e. The second-order valence-corrected chi connectivity index (χ2v) is 16.5. The number of rotatable bonds is 6. The molecular formula is C40H57NO2. The molecule has 0 aliphatic heterocycles. The molecule has 4 saturated carbocycles. The maximum absolute atomic E-state index is 13.9. The summed E-state index contributed by atoms with van der Waals surface area (Å²) in [6.07, 6.45) is 11.8. The zero-order valence-corrected chi connectivity index (χ0v) is 28.4. The third-order valence-electron chi connectivity index (χ3n) is 13.8. The number of hydrogen-bond acceptors (Lipinski definition) is 3. The topological polar surface area (TPSA) is 38.7 Å². The van der Waals surface area contributed by atoms with Crippen LogP contribution in [0.4, 0.5) is 0 Å². The van der Waals surface area contributed by atoms with Gasteiger partial charge in [0.2, 0.25) is 0 Å². The number of aliphatic imine (C=N–C) groups is 1. The molecule has 4 fully saturated rings. The van der Waals surface area contributed by atoms with Crippen LogP contribution in [-0.2, 0) is 9.53 Å². The van der Waals surface area contributed by atoms with Gasteiger partial charge in [-0.3, -0.25) is 9.79 Å². The molecule has 0 aromatic heterocycles. The van der Waals surface area contributed by atoms with Gasteiger partial charge in [-0.05, 0) is 115 Å². The molecule has 1 aromatic carbocycles. The number of fused-ring (bicyclic) bond motifs is 7. The van der Waals surface area contributed by atoms with Crippen molar-refractivity contribution >= 4 is 17.4 Å². The van der Waals surface area contributed by atoms with Crippen molar-refractivity contribution in [2.45, 2.75) is 119 Å². The van der Waals surface area contributed by atoms with E-state index in [1.165, 1.54) is 56.1 Å². The fourth-order valence-corrected chi connectivity index (χ4v) is 11.8. The van der Waals surface area contributed by atoms with E-state index in [1.54, 1.807) is 0 Å². The van der Waals surface area contributed by atoms with Crippen molar-refractivity contribution in [1.29, 1.82) is 0 Å². The van der Waals surface area contributed by atoms with E-state index in [9.17, 15) is 4.79 Å². The molecule has 8 atom stereocenters. The Hall–Kier alpha value is -2.16. The molecule has 3 heteroatoms. The lowest BCUT2D eigenvalue weighted by molar-refractivity contribution is -0.133.